The van der Waals surface area contributed by atoms with Crippen molar-refractivity contribution in [2.75, 3.05) is 36.0 Å². The quantitative estimate of drug-likeness (QED) is 0.278. The molecular formula is C31H37Cl2N3Ru. The minimum atomic E-state index is -3.53. The maximum absolute atomic E-state index is 7.61. The Labute approximate surface area is 232 Å². The molecule has 2 aliphatic rings. The third kappa shape index (κ3) is 5.50. The van der Waals surface area contributed by atoms with E-state index in [0.29, 0.717) is 0 Å². The summed E-state index contributed by atoms with van der Waals surface area (Å²) >= 11 is -3.53. The Hall–Kier alpha value is -1.84. The summed E-state index contributed by atoms with van der Waals surface area (Å²) in [7, 11) is 15.2. The van der Waals surface area contributed by atoms with Crippen molar-refractivity contribution in [3.63, 3.8) is 0 Å². The molecule has 0 atom stereocenters. The van der Waals surface area contributed by atoms with Crippen LogP contribution in [0, 0.1) is 27.7 Å². The molecule has 0 aliphatic carbocycles. The summed E-state index contributed by atoms with van der Waals surface area (Å²) in [5, 5.41) is 0. The van der Waals surface area contributed by atoms with Gasteiger partial charge in [0.15, 0.2) is 0 Å². The Balaban J connectivity index is 1.73. The second-order valence-electron chi connectivity index (χ2n) is 10.3. The van der Waals surface area contributed by atoms with Crippen LogP contribution in [0.5, 0.6) is 0 Å². The molecule has 0 bridgehead atoms. The molecule has 0 spiro atoms. The molecule has 2 aliphatic heterocycles. The Morgan fingerprint density at radius 2 is 1.16 bits per heavy atom. The normalized spacial score (nSPS) is 17.1. The molecule has 2 heterocycles. The molecule has 0 aromatic heterocycles. The monoisotopic (exact) mass is 623 g/mol. The van der Waals surface area contributed by atoms with Gasteiger partial charge in [0, 0.05) is 0 Å². The molecule has 3 aromatic rings. The van der Waals surface area contributed by atoms with Crippen LogP contribution in [0.3, 0.4) is 0 Å². The fraction of sp³-hybridized carbons (Fsp3) is 0.355. The molecule has 3 nitrogen and oxygen atoms in total. The molecule has 198 valence electrons. The van der Waals surface area contributed by atoms with Gasteiger partial charge in [-0.05, 0) is 0 Å². The van der Waals surface area contributed by atoms with E-state index >= 15 is 0 Å². The van der Waals surface area contributed by atoms with Crippen LogP contribution in [0.25, 0.3) is 0 Å². The molecule has 0 amide bonds. The summed E-state index contributed by atoms with van der Waals surface area (Å²) in [6.45, 7) is 13.8. The fourth-order valence-electron chi connectivity index (χ4n) is 5.79. The van der Waals surface area contributed by atoms with Crippen molar-refractivity contribution in [1.82, 2.24) is 4.90 Å². The van der Waals surface area contributed by atoms with Gasteiger partial charge in [-0.25, -0.2) is 0 Å². The minimum absolute atomic E-state index is 0.861. The van der Waals surface area contributed by atoms with Gasteiger partial charge in [0.2, 0.25) is 0 Å². The van der Waals surface area contributed by atoms with Crippen molar-refractivity contribution in [1.29, 1.82) is 0 Å². The summed E-state index contributed by atoms with van der Waals surface area (Å²) in [4.78, 5) is 7.38. The second-order valence-corrected chi connectivity index (χ2v) is 19.5. The van der Waals surface area contributed by atoms with Gasteiger partial charge < -0.3 is 0 Å². The number of hydrogen-bond acceptors (Lipinski definition) is 3. The molecule has 2 saturated heterocycles. The van der Waals surface area contributed by atoms with Crippen LogP contribution in [-0.4, -0.2) is 40.0 Å². The van der Waals surface area contributed by atoms with Gasteiger partial charge in [-0.15, -0.1) is 0 Å². The number of rotatable bonds is 5. The van der Waals surface area contributed by atoms with Gasteiger partial charge in [-0.2, -0.15) is 0 Å². The summed E-state index contributed by atoms with van der Waals surface area (Å²) in [5.41, 5.74) is 9.95. The maximum atomic E-state index is 7.61. The summed E-state index contributed by atoms with van der Waals surface area (Å²) in [6.07, 6.45) is 2.57. The first kappa shape index (κ1) is 26.8. The van der Waals surface area contributed by atoms with Crippen LogP contribution >= 0.6 is 19.4 Å². The second kappa shape index (κ2) is 11.1. The summed E-state index contributed by atoms with van der Waals surface area (Å²) < 4.78 is 3.30. The summed E-state index contributed by atoms with van der Waals surface area (Å²) in [5.74, 6) is 0. The molecule has 0 N–H and O–H groups in total. The Kier molecular flexibility index (Phi) is 8.03. The number of likely N-dealkylation sites (tertiary alicyclic amines) is 1. The predicted octanol–water partition coefficient (Wildman–Crippen LogP) is 7.24. The van der Waals surface area contributed by atoms with E-state index in [-0.39, 0.29) is 0 Å². The van der Waals surface area contributed by atoms with Gasteiger partial charge in [0.05, 0.1) is 0 Å². The zero-order chi connectivity index (χ0) is 26.2. The number of halogens is 2. The number of nitrogens with zero attached hydrogens (tertiary/aromatic N) is 3. The fourth-order valence-corrected chi connectivity index (χ4v) is 11.9. The van der Waals surface area contributed by atoms with E-state index in [1.54, 1.807) is 0 Å². The first-order chi connectivity index (χ1) is 17.8. The molecular weight excluding hydrogens is 586 g/mol. The van der Waals surface area contributed by atoms with Crippen molar-refractivity contribution in [3.8, 4) is 0 Å². The molecule has 5 rings (SSSR count). The molecule has 2 fully saturated rings. The number of benzene rings is 3. The van der Waals surface area contributed by atoms with E-state index in [4.69, 9.17) is 19.4 Å². The van der Waals surface area contributed by atoms with Crippen LogP contribution < -0.4 is 9.80 Å². The van der Waals surface area contributed by atoms with E-state index < -0.39 is 11.9 Å². The number of aryl methyl sites for hydroxylation is 4. The first-order valence-electron chi connectivity index (χ1n) is 13.1. The molecule has 3 aromatic carbocycles. The SMILES string of the molecule is Cc1cccc(C)c1N1CCN(c2c(C)cccc2C)[C]1=[Ru]([Cl])([Cl])=[CH]c1ccccc1CN1CCCC1. The van der Waals surface area contributed by atoms with E-state index in [1.807, 2.05) is 0 Å². The van der Waals surface area contributed by atoms with Crippen LogP contribution in [0.4, 0.5) is 11.4 Å². The van der Waals surface area contributed by atoms with Crippen molar-refractivity contribution in [2.24, 2.45) is 0 Å². The van der Waals surface area contributed by atoms with Crippen LogP contribution in [-0.2, 0) is 18.4 Å². The van der Waals surface area contributed by atoms with Crippen molar-refractivity contribution in [3.05, 3.63) is 94.0 Å². The van der Waals surface area contributed by atoms with E-state index in [0.717, 1.165) is 24.0 Å². The van der Waals surface area contributed by atoms with E-state index in [2.05, 4.69) is 108 Å². The Bertz CT molecular complexity index is 1320. The third-order valence-corrected chi connectivity index (χ3v) is 13.0. The standard InChI is InChI=1S/C19H22N2.C12H15N.2ClH.Ru/c1-14-7-5-8-15(2)18(14)20-11-12-21(13-20)19-16(3)9-6-10-17(19)4;1-11-6-2-3-7-12(11)10-13-8-4-5-9-13;;;/h5-10H,11-12H2,1-4H3;1-3,6-7H,4-5,8-10H2;2*1H;/q;;;;+2/p-2. The molecule has 0 radical (unpaired) electrons. The molecule has 0 saturated carbocycles. The van der Waals surface area contributed by atoms with E-state index in [1.165, 1.54) is 70.7 Å². The van der Waals surface area contributed by atoms with Crippen LogP contribution in [0.1, 0.15) is 46.2 Å². The predicted molar refractivity (Wildman–Crippen MR) is 159 cm³/mol. The zero-order valence-electron chi connectivity index (χ0n) is 22.3. The van der Waals surface area contributed by atoms with Crippen molar-refractivity contribution >= 4 is 39.7 Å². The Morgan fingerprint density at radius 3 is 1.68 bits per heavy atom. The summed E-state index contributed by atoms with van der Waals surface area (Å²) in [6, 6.07) is 21.7. The topological polar surface area (TPSA) is 9.72 Å². The Morgan fingerprint density at radius 1 is 0.676 bits per heavy atom. The van der Waals surface area contributed by atoms with Crippen molar-refractivity contribution < 1.29 is 11.9 Å². The third-order valence-electron chi connectivity index (χ3n) is 7.49. The van der Waals surface area contributed by atoms with Gasteiger partial charge in [0.1, 0.15) is 0 Å². The first-order valence-corrected chi connectivity index (χ1v) is 19.4. The van der Waals surface area contributed by atoms with Crippen molar-refractivity contribution in [2.45, 2.75) is 47.1 Å². The zero-order valence-corrected chi connectivity index (χ0v) is 25.5. The molecule has 37 heavy (non-hydrogen) atoms. The van der Waals surface area contributed by atoms with Crippen LogP contribution in [0.2, 0.25) is 0 Å². The van der Waals surface area contributed by atoms with Crippen LogP contribution in [0.15, 0.2) is 60.7 Å². The van der Waals surface area contributed by atoms with Gasteiger partial charge in [0.25, 0.3) is 0 Å². The number of hydrogen-bond donors (Lipinski definition) is 0. The number of para-hydroxylation sites is 2. The molecule has 0 unspecified atom stereocenters. The average molecular weight is 624 g/mol. The molecule has 6 heteroatoms. The average Bonchev–Trinajstić information content (AvgIpc) is 3.51. The van der Waals surface area contributed by atoms with Gasteiger partial charge >= 0.3 is 234 Å². The van der Waals surface area contributed by atoms with Gasteiger partial charge in [-0.3, -0.25) is 0 Å². The van der Waals surface area contributed by atoms with Gasteiger partial charge in [-0.1, -0.05) is 0 Å². The van der Waals surface area contributed by atoms with E-state index in [9.17, 15) is 0 Å². The number of anilines is 2.